The van der Waals surface area contributed by atoms with Crippen LogP contribution >= 0.6 is 0 Å². The third-order valence-electron chi connectivity index (χ3n) is 1.94. The Balaban J connectivity index is 3.94. The van der Waals surface area contributed by atoms with Crippen molar-refractivity contribution in [3.05, 3.63) is 12.7 Å². The minimum atomic E-state index is -1.05. The Kier molecular flexibility index (Phi) is 6.70. The Morgan fingerprint density at radius 2 is 1.72 bits per heavy atom. The molecule has 0 aromatic heterocycles. The van der Waals surface area contributed by atoms with E-state index in [-0.39, 0.29) is 26.1 Å². The number of esters is 2. The van der Waals surface area contributed by atoms with Gasteiger partial charge in [0.15, 0.2) is 0 Å². The highest BCUT2D eigenvalue weighted by Crippen LogP contribution is 2.16. The topological polar surface area (TPSA) is 89.9 Å². The van der Waals surface area contributed by atoms with E-state index in [1.54, 1.807) is 13.8 Å². The van der Waals surface area contributed by atoms with Crippen LogP contribution in [0.25, 0.3) is 0 Å². The van der Waals surface area contributed by atoms with E-state index in [1.165, 1.54) is 0 Å². The number of carbonyl (C=O) groups is 3. The quantitative estimate of drug-likeness (QED) is 0.519. The highest BCUT2D eigenvalue weighted by atomic mass is 16.5. The summed E-state index contributed by atoms with van der Waals surface area (Å²) < 4.78 is 9.75. The first-order valence-corrected chi connectivity index (χ1v) is 5.43. The van der Waals surface area contributed by atoms with Gasteiger partial charge in [-0.15, -0.1) is 0 Å². The molecule has 102 valence electrons. The average Bonchev–Trinajstić information content (AvgIpc) is 2.31. The zero-order valence-electron chi connectivity index (χ0n) is 10.6. The van der Waals surface area contributed by atoms with Crippen LogP contribution in [0.3, 0.4) is 0 Å². The van der Waals surface area contributed by atoms with E-state index in [0.29, 0.717) is 0 Å². The second-order valence-electron chi connectivity index (χ2n) is 4.53. The molecule has 0 unspecified atom stereocenters. The minimum absolute atomic E-state index is 0.0515. The Morgan fingerprint density at radius 3 is 2.22 bits per heavy atom. The van der Waals surface area contributed by atoms with E-state index in [0.717, 1.165) is 6.08 Å². The molecular formula is C12H18O6. The standard InChI is InChI=1S/C12H18O6/c1-4-10(15)17-7-12(2,3)8-18-11(16)6-5-9(13)14/h4H,1,5-8H2,2-3H3,(H,13,14). The highest BCUT2D eigenvalue weighted by molar-refractivity contribution is 5.81. The van der Waals surface area contributed by atoms with Crippen LogP contribution in [0.5, 0.6) is 0 Å². The van der Waals surface area contributed by atoms with E-state index in [9.17, 15) is 14.4 Å². The van der Waals surface area contributed by atoms with Gasteiger partial charge >= 0.3 is 17.9 Å². The molecule has 0 heterocycles. The van der Waals surface area contributed by atoms with Gasteiger partial charge in [-0.05, 0) is 0 Å². The van der Waals surface area contributed by atoms with Gasteiger partial charge in [-0.1, -0.05) is 20.4 Å². The van der Waals surface area contributed by atoms with Crippen molar-refractivity contribution < 1.29 is 29.0 Å². The summed E-state index contributed by atoms with van der Waals surface area (Å²) in [5.41, 5.74) is -0.530. The smallest absolute Gasteiger partial charge is 0.330 e. The van der Waals surface area contributed by atoms with Crippen molar-refractivity contribution in [1.82, 2.24) is 0 Å². The lowest BCUT2D eigenvalue weighted by Crippen LogP contribution is -2.28. The SMILES string of the molecule is C=CC(=O)OCC(C)(C)COC(=O)CCC(=O)O. The number of hydrogen-bond acceptors (Lipinski definition) is 5. The van der Waals surface area contributed by atoms with Crippen molar-refractivity contribution in [2.75, 3.05) is 13.2 Å². The van der Waals surface area contributed by atoms with Crippen LogP contribution in [-0.4, -0.2) is 36.2 Å². The molecule has 6 heteroatoms. The third-order valence-corrected chi connectivity index (χ3v) is 1.94. The van der Waals surface area contributed by atoms with Gasteiger partial charge in [-0.25, -0.2) is 4.79 Å². The lowest BCUT2D eigenvalue weighted by Gasteiger charge is -2.23. The summed E-state index contributed by atoms with van der Waals surface area (Å²) in [5.74, 6) is -2.17. The van der Waals surface area contributed by atoms with Crippen molar-refractivity contribution in [1.29, 1.82) is 0 Å². The molecular weight excluding hydrogens is 240 g/mol. The molecule has 0 atom stereocenters. The van der Waals surface area contributed by atoms with E-state index in [1.807, 2.05) is 0 Å². The first-order chi connectivity index (χ1) is 8.26. The van der Waals surface area contributed by atoms with E-state index in [2.05, 4.69) is 6.58 Å². The lowest BCUT2D eigenvalue weighted by atomic mass is 9.96. The number of hydrogen-bond donors (Lipinski definition) is 1. The molecule has 0 bridgehead atoms. The van der Waals surface area contributed by atoms with Crippen molar-refractivity contribution in [3.8, 4) is 0 Å². The molecule has 6 nitrogen and oxygen atoms in total. The summed E-state index contributed by atoms with van der Waals surface area (Å²) >= 11 is 0. The van der Waals surface area contributed by atoms with E-state index >= 15 is 0 Å². The average molecular weight is 258 g/mol. The van der Waals surface area contributed by atoms with Crippen LogP contribution < -0.4 is 0 Å². The van der Waals surface area contributed by atoms with Gasteiger partial charge in [-0.3, -0.25) is 9.59 Å². The molecule has 0 aliphatic carbocycles. The van der Waals surface area contributed by atoms with Crippen LogP contribution in [0.1, 0.15) is 26.7 Å². The molecule has 18 heavy (non-hydrogen) atoms. The van der Waals surface area contributed by atoms with Crippen molar-refractivity contribution >= 4 is 17.9 Å². The number of aliphatic carboxylic acids is 1. The fraction of sp³-hybridized carbons (Fsp3) is 0.583. The Morgan fingerprint density at radius 1 is 1.17 bits per heavy atom. The maximum Gasteiger partial charge on any atom is 0.330 e. The lowest BCUT2D eigenvalue weighted by molar-refractivity contribution is -0.152. The number of rotatable bonds is 8. The first-order valence-electron chi connectivity index (χ1n) is 5.43. The fourth-order valence-electron chi connectivity index (χ4n) is 0.924. The molecule has 0 radical (unpaired) electrons. The van der Waals surface area contributed by atoms with Crippen LogP contribution in [0, 0.1) is 5.41 Å². The molecule has 0 saturated carbocycles. The zero-order chi connectivity index (χ0) is 14.2. The second kappa shape index (κ2) is 7.47. The van der Waals surface area contributed by atoms with Gasteiger partial charge in [0.25, 0.3) is 0 Å². The van der Waals surface area contributed by atoms with Crippen molar-refractivity contribution in [2.45, 2.75) is 26.7 Å². The van der Waals surface area contributed by atoms with Crippen LogP contribution in [0.15, 0.2) is 12.7 Å². The normalized spacial score (nSPS) is 10.6. The number of carboxylic acids is 1. The molecule has 0 aromatic rings. The molecule has 0 aromatic carbocycles. The number of carboxylic acid groups (broad SMARTS) is 1. The Bertz CT molecular complexity index is 331. The van der Waals surface area contributed by atoms with Crippen molar-refractivity contribution in [2.24, 2.45) is 5.41 Å². The molecule has 1 N–H and O–H groups in total. The third kappa shape index (κ3) is 8.32. The molecule has 0 aliphatic rings. The number of carbonyl (C=O) groups excluding carboxylic acids is 2. The fourth-order valence-corrected chi connectivity index (χ4v) is 0.924. The molecule has 0 fully saturated rings. The molecule has 0 amide bonds. The van der Waals surface area contributed by atoms with Crippen molar-refractivity contribution in [3.63, 3.8) is 0 Å². The zero-order valence-corrected chi connectivity index (χ0v) is 10.6. The molecule has 0 aliphatic heterocycles. The molecule has 0 spiro atoms. The Hall–Kier alpha value is -1.85. The van der Waals surface area contributed by atoms with E-state index in [4.69, 9.17) is 14.6 Å². The van der Waals surface area contributed by atoms with Crippen LogP contribution in [0.2, 0.25) is 0 Å². The monoisotopic (exact) mass is 258 g/mol. The van der Waals surface area contributed by atoms with Crippen LogP contribution in [-0.2, 0) is 23.9 Å². The summed E-state index contributed by atoms with van der Waals surface area (Å²) in [4.78, 5) is 32.3. The maximum atomic E-state index is 11.2. The summed E-state index contributed by atoms with van der Waals surface area (Å²) in [6.45, 7) is 6.92. The van der Waals surface area contributed by atoms with Gasteiger partial charge < -0.3 is 14.6 Å². The molecule has 0 rings (SSSR count). The van der Waals surface area contributed by atoms with Gasteiger partial charge in [0, 0.05) is 11.5 Å². The first kappa shape index (κ1) is 16.1. The predicted octanol–water partition coefficient (Wildman–Crippen LogP) is 1.15. The maximum absolute atomic E-state index is 11.2. The summed E-state index contributed by atoms with van der Waals surface area (Å²) in [6, 6.07) is 0. The van der Waals surface area contributed by atoms with E-state index < -0.39 is 23.3 Å². The molecule has 0 saturated heterocycles. The van der Waals surface area contributed by atoms with Gasteiger partial charge in [0.2, 0.25) is 0 Å². The van der Waals surface area contributed by atoms with Crippen LogP contribution in [0.4, 0.5) is 0 Å². The van der Waals surface area contributed by atoms with Gasteiger partial charge in [-0.2, -0.15) is 0 Å². The Labute approximate surface area is 106 Å². The van der Waals surface area contributed by atoms with Gasteiger partial charge in [0.05, 0.1) is 26.1 Å². The number of ether oxygens (including phenoxy) is 2. The highest BCUT2D eigenvalue weighted by Gasteiger charge is 2.22. The summed E-state index contributed by atoms with van der Waals surface area (Å²) in [6.07, 6.45) is 0.623. The summed E-state index contributed by atoms with van der Waals surface area (Å²) in [5, 5.41) is 8.39. The second-order valence-corrected chi connectivity index (χ2v) is 4.53. The largest absolute Gasteiger partial charge is 0.481 e. The summed E-state index contributed by atoms with van der Waals surface area (Å²) in [7, 11) is 0. The minimum Gasteiger partial charge on any atom is -0.481 e. The predicted molar refractivity (Wildman–Crippen MR) is 62.8 cm³/mol. The van der Waals surface area contributed by atoms with Gasteiger partial charge in [0.1, 0.15) is 0 Å².